The van der Waals surface area contributed by atoms with Crippen LogP contribution in [0.1, 0.15) is 17.2 Å². The van der Waals surface area contributed by atoms with Crippen molar-refractivity contribution >= 4 is 23.2 Å². The summed E-state index contributed by atoms with van der Waals surface area (Å²) in [6.07, 6.45) is 3.68. The minimum absolute atomic E-state index is 0.00813. The zero-order valence-electron chi connectivity index (χ0n) is 11.6. The van der Waals surface area contributed by atoms with Crippen molar-refractivity contribution in [2.75, 3.05) is 5.32 Å². The van der Waals surface area contributed by atoms with Gasteiger partial charge in [0.05, 0.1) is 0 Å². The molecule has 0 saturated heterocycles. The summed E-state index contributed by atoms with van der Waals surface area (Å²) in [4.78, 5) is 4.29. The zero-order valence-corrected chi connectivity index (χ0v) is 12.4. The van der Waals surface area contributed by atoms with Crippen LogP contribution in [0.4, 0.5) is 5.95 Å². The third-order valence-corrected chi connectivity index (χ3v) is 4.04. The lowest BCUT2D eigenvalue weighted by atomic mass is 10.0. The summed E-state index contributed by atoms with van der Waals surface area (Å²) in [6, 6.07) is 18.0. The standard InChI is InChI=1S/C17H13ClN4/c18-14-9-5-4-8-13(14)15-10-16(12-6-2-1-3-7-12)22-17(21-15)19-11-20-22/h1-11,16H,(H,19,20,21). The van der Waals surface area contributed by atoms with E-state index in [0.29, 0.717) is 11.0 Å². The summed E-state index contributed by atoms with van der Waals surface area (Å²) in [5, 5.41) is 8.34. The fourth-order valence-electron chi connectivity index (χ4n) is 2.66. The fraction of sp³-hybridized carbons (Fsp3) is 0.0588. The molecule has 0 radical (unpaired) electrons. The van der Waals surface area contributed by atoms with Gasteiger partial charge in [-0.05, 0) is 17.7 Å². The van der Waals surface area contributed by atoms with E-state index < -0.39 is 0 Å². The van der Waals surface area contributed by atoms with Gasteiger partial charge in [-0.2, -0.15) is 10.1 Å². The number of hydrogen-bond donors (Lipinski definition) is 1. The number of benzene rings is 2. The van der Waals surface area contributed by atoms with Crippen molar-refractivity contribution in [3.8, 4) is 0 Å². The van der Waals surface area contributed by atoms with Crippen LogP contribution < -0.4 is 5.32 Å². The van der Waals surface area contributed by atoms with Gasteiger partial charge in [0.1, 0.15) is 12.4 Å². The van der Waals surface area contributed by atoms with E-state index in [-0.39, 0.29) is 6.04 Å². The Labute approximate surface area is 133 Å². The maximum Gasteiger partial charge on any atom is 0.226 e. The predicted octanol–water partition coefficient (Wildman–Crippen LogP) is 3.99. The Hall–Kier alpha value is -2.59. The normalized spacial score (nSPS) is 16.6. The molecule has 1 atom stereocenters. The average Bonchev–Trinajstić information content (AvgIpc) is 3.03. The predicted molar refractivity (Wildman–Crippen MR) is 87.7 cm³/mol. The van der Waals surface area contributed by atoms with E-state index in [2.05, 4.69) is 33.6 Å². The highest BCUT2D eigenvalue weighted by Crippen LogP contribution is 2.33. The van der Waals surface area contributed by atoms with Gasteiger partial charge in [0.15, 0.2) is 0 Å². The van der Waals surface area contributed by atoms with Gasteiger partial charge in [-0.15, -0.1) is 0 Å². The molecule has 5 heteroatoms. The second-order valence-corrected chi connectivity index (χ2v) is 5.48. The molecule has 4 rings (SSSR count). The molecule has 0 saturated carbocycles. The fourth-order valence-corrected chi connectivity index (χ4v) is 2.90. The number of nitrogens with zero attached hydrogens (tertiary/aromatic N) is 3. The van der Waals surface area contributed by atoms with E-state index in [4.69, 9.17) is 11.6 Å². The number of allylic oxidation sites excluding steroid dienone is 1. The van der Waals surface area contributed by atoms with E-state index in [0.717, 1.165) is 16.8 Å². The number of fused-ring (bicyclic) bond motifs is 1. The Morgan fingerprint density at radius 3 is 2.59 bits per heavy atom. The van der Waals surface area contributed by atoms with Crippen molar-refractivity contribution in [2.45, 2.75) is 6.04 Å². The molecule has 0 aliphatic carbocycles. The first kappa shape index (κ1) is 13.1. The van der Waals surface area contributed by atoms with Crippen LogP contribution in [0.2, 0.25) is 5.02 Å². The molecule has 22 heavy (non-hydrogen) atoms. The molecule has 108 valence electrons. The van der Waals surface area contributed by atoms with Crippen molar-refractivity contribution in [3.63, 3.8) is 0 Å². The lowest BCUT2D eigenvalue weighted by molar-refractivity contribution is 0.612. The maximum atomic E-state index is 6.33. The Bertz CT molecular complexity index is 839. The summed E-state index contributed by atoms with van der Waals surface area (Å²) in [7, 11) is 0. The third-order valence-electron chi connectivity index (χ3n) is 3.71. The largest absolute Gasteiger partial charge is 0.324 e. The Morgan fingerprint density at radius 2 is 1.77 bits per heavy atom. The van der Waals surface area contributed by atoms with Crippen LogP contribution >= 0.6 is 11.6 Å². The molecule has 3 aromatic rings. The van der Waals surface area contributed by atoms with Crippen LogP contribution in [0.25, 0.3) is 5.70 Å². The minimum Gasteiger partial charge on any atom is -0.324 e. The van der Waals surface area contributed by atoms with E-state index in [1.54, 1.807) is 6.33 Å². The first-order chi connectivity index (χ1) is 10.8. The summed E-state index contributed by atoms with van der Waals surface area (Å²) < 4.78 is 1.87. The molecule has 1 aliphatic rings. The van der Waals surface area contributed by atoms with E-state index in [9.17, 15) is 0 Å². The number of anilines is 1. The van der Waals surface area contributed by atoms with Gasteiger partial charge in [-0.3, -0.25) is 0 Å². The molecule has 0 spiro atoms. The molecule has 2 aromatic carbocycles. The second-order valence-electron chi connectivity index (χ2n) is 5.07. The first-order valence-corrected chi connectivity index (χ1v) is 7.39. The van der Waals surface area contributed by atoms with Crippen molar-refractivity contribution in [1.29, 1.82) is 0 Å². The van der Waals surface area contributed by atoms with Crippen molar-refractivity contribution in [2.24, 2.45) is 0 Å². The lowest BCUT2D eigenvalue weighted by Crippen LogP contribution is -2.20. The molecule has 0 fully saturated rings. The Balaban J connectivity index is 1.85. The van der Waals surface area contributed by atoms with Crippen molar-refractivity contribution in [3.05, 3.63) is 83.2 Å². The second kappa shape index (κ2) is 5.31. The van der Waals surface area contributed by atoms with Crippen LogP contribution in [0.15, 0.2) is 67.0 Å². The summed E-state index contributed by atoms with van der Waals surface area (Å²) in [6.45, 7) is 0. The van der Waals surface area contributed by atoms with E-state index in [1.165, 1.54) is 0 Å². The molecule has 2 heterocycles. The van der Waals surface area contributed by atoms with Crippen LogP contribution in [-0.2, 0) is 0 Å². The van der Waals surface area contributed by atoms with Gasteiger partial charge in [-0.1, -0.05) is 60.1 Å². The highest BCUT2D eigenvalue weighted by atomic mass is 35.5. The molecule has 0 amide bonds. The summed E-state index contributed by atoms with van der Waals surface area (Å²) in [5.41, 5.74) is 3.06. The van der Waals surface area contributed by atoms with Gasteiger partial charge >= 0.3 is 0 Å². The minimum atomic E-state index is -0.00813. The first-order valence-electron chi connectivity index (χ1n) is 7.01. The molecule has 1 unspecified atom stereocenters. The van der Waals surface area contributed by atoms with Gasteiger partial charge < -0.3 is 5.32 Å². The number of aromatic nitrogens is 3. The number of hydrogen-bond acceptors (Lipinski definition) is 3. The molecular formula is C17H13ClN4. The number of halogens is 1. The number of nitrogens with one attached hydrogen (secondary N) is 1. The van der Waals surface area contributed by atoms with Crippen LogP contribution in [0, 0.1) is 0 Å². The molecule has 1 aromatic heterocycles. The highest BCUT2D eigenvalue weighted by molar-refractivity contribution is 6.32. The molecule has 1 N–H and O–H groups in total. The van der Waals surface area contributed by atoms with Crippen molar-refractivity contribution in [1.82, 2.24) is 14.8 Å². The van der Waals surface area contributed by atoms with Gasteiger partial charge in [0, 0.05) is 16.3 Å². The molecule has 1 aliphatic heterocycles. The van der Waals surface area contributed by atoms with Gasteiger partial charge in [-0.25, -0.2) is 4.68 Å². The Kier molecular flexibility index (Phi) is 3.16. The summed E-state index contributed by atoms with van der Waals surface area (Å²) >= 11 is 6.33. The van der Waals surface area contributed by atoms with Gasteiger partial charge in [0.25, 0.3) is 0 Å². The average molecular weight is 309 g/mol. The zero-order chi connectivity index (χ0) is 14.9. The maximum absolute atomic E-state index is 6.33. The third kappa shape index (κ3) is 2.18. The van der Waals surface area contributed by atoms with E-state index in [1.807, 2.05) is 47.1 Å². The molecular weight excluding hydrogens is 296 g/mol. The SMILES string of the molecule is Clc1ccccc1C1=CC(c2ccccc2)n2ncnc2N1. The van der Waals surface area contributed by atoms with E-state index >= 15 is 0 Å². The topological polar surface area (TPSA) is 42.7 Å². The molecule has 4 nitrogen and oxygen atoms in total. The molecule has 0 bridgehead atoms. The lowest BCUT2D eigenvalue weighted by Gasteiger charge is -2.24. The smallest absolute Gasteiger partial charge is 0.226 e. The van der Waals surface area contributed by atoms with Gasteiger partial charge in [0.2, 0.25) is 5.95 Å². The van der Waals surface area contributed by atoms with Crippen LogP contribution in [0.3, 0.4) is 0 Å². The Morgan fingerprint density at radius 1 is 1.00 bits per heavy atom. The van der Waals surface area contributed by atoms with Crippen LogP contribution in [0.5, 0.6) is 0 Å². The monoisotopic (exact) mass is 308 g/mol. The number of rotatable bonds is 2. The quantitative estimate of drug-likeness (QED) is 0.778. The highest BCUT2D eigenvalue weighted by Gasteiger charge is 2.23. The van der Waals surface area contributed by atoms with Crippen LogP contribution in [-0.4, -0.2) is 14.8 Å². The van der Waals surface area contributed by atoms with Crippen molar-refractivity contribution < 1.29 is 0 Å². The summed E-state index contributed by atoms with van der Waals surface area (Å²) in [5.74, 6) is 0.714.